The Kier molecular flexibility index (Phi) is 8.90. The molecule has 0 aliphatic carbocycles. The molecule has 0 aliphatic rings. The molecule has 3 N–H and O–H groups in total. The quantitative estimate of drug-likeness (QED) is 0.635. The van der Waals surface area contributed by atoms with Crippen LogP contribution in [0.2, 0.25) is 0 Å². The first-order valence-corrected chi connectivity index (χ1v) is 6.67. The highest BCUT2D eigenvalue weighted by Crippen LogP contribution is 2.12. The molecule has 0 saturated carbocycles. The SMILES string of the molecule is CCCCN(CC)C(CO)C(N)CC(C)C. The van der Waals surface area contributed by atoms with Gasteiger partial charge in [0.05, 0.1) is 6.61 Å². The fourth-order valence-electron chi connectivity index (χ4n) is 2.14. The average Bonchev–Trinajstić information content (AvgIpc) is 2.22. The zero-order chi connectivity index (χ0) is 12.6. The van der Waals surface area contributed by atoms with Crippen molar-refractivity contribution >= 4 is 0 Å². The van der Waals surface area contributed by atoms with Crippen molar-refractivity contribution in [2.24, 2.45) is 11.7 Å². The lowest BCUT2D eigenvalue weighted by Gasteiger charge is -2.34. The van der Waals surface area contributed by atoms with Crippen LogP contribution in [0.5, 0.6) is 0 Å². The van der Waals surface area contributed by atoms with Crippen LogP contribution in [0, 0.1) is 5.92 Å². The lowest BCUT2D eigenvalue weighted by atomic mass is 9.97. The minimum absolute atomic E-state index is 0.0850. The molecule has 0 rings (SSSR count). The van der Waals surface area contributed by atoms with Crippen LogP contribution >= 0.6 is 0 Å². The zero-order valence-electron chi connectivity index (χ0n) is 11.4. The molecule has 0 fully saturated rings. The maximum Gasteiger partial charge on any atom is 0.0601 e. The predicted octanol–water partition coefficient (Wildman–Crippen LogP) is 1.84. The van der Waals surface area contributed by atoms with E-state index >= 15 is 0 Å². The van der Waals surface area contributed by atoms with Gasteiger partial charge in [-0.3, -0.25) is 4.90 Å². The second-order valence-electron chi connectivity index (χ2n) is 5.03. The Morgan fingerprint density at radius 1 is 1.25 bits per heavy atom. The van der Waals surface area contributed by atoms with E-state index in [-0.39, 0.29) is 18.7 Å². The Morgan fingerprint density at radius 3 is 2.25 bits per heavy atom. The van der Waals surface area contributed by atoms with E-state index < -0.39 is 0 Å². The monoisotopic (exact) mass is 230 g/mol. The Morgan fingerprint density at radius 2 is 1.88 bits per heavy atom. The first kappa shape index (κ1) is 15.9. The van der Waals surface area contributed by atoms with Gasteiger partial charge >= 0.3 is 0 Å². The first-order chi connectivity index (χ1) is 7.56. The summed E-state index contributed by atoms with van der Waals surface area (Å²) in [7, 11) is 0. The fraction of sp³-hybridized carbons (Fsp3) is 1.00. The van der Waals surface area contributed by atoms with Crippen molar-refractivity contribution in [1.29, 1.82) is 0 Å². The van der Waals surface area contributed by atoms with Crippen LogP contribution in [0.25, 0.3) is 0 Å². The number of unbranched alkanes of at least 4 members (excludes halogenated alkanes) is 1. The second-order valence-corrected chi connectivity index (χ2v) is 5.03. The molecular weight excluding hydrogens is 200 g/mol. The number of aliphatic hydroxyl groups is 1. The molecule has 0 aromatic rings. The Balaban J connectivity index is 4.29. The molecule has 2 atom stereocenters. The van der Waals surface area contributed by atoms with Gasteiger partial charge in [0, 0.05) is 12.1 Å². The number of hydrogen-bond acceptors (Lipinski definition) is 3. The van der Waals surface area contributed by atoms with Crippen molar-refractivity contribution < 1.29 is 5.11 Å². The highest BCUT2D eigenvalue weighted by atomic mass is 16.3. The third-order valence-electron chi connectivity index (χ3n) is 3.10. The number of nitrogens with two attached hydrogens (primary N) is 1. The van der Waals surface area contributed by atoms with Crippen LogP contribution in [-0.4, -0.2) is 41.8 Å². The Labute approximate surface area is 101 Å². The van der Waals surface area contributed by atoms with Gasteiger partial charge in [0.25, 0.3) is 0 Å². The van der Waals surface area contributed by atoms with Gasteiger partial charge in [-0.05, 0) is 31.8 Å². The van der Waals surface area contributed by atoms with E-state index in [9.17, 15) is 5.11 Å². The normalized spacial score (nSPS) is 15.8. The van der Waals surface area contributed by atoms with E-state index in [4.69, 9.17) is 5.73 Å². The van der Waals surface area contributed by atoms with Gasteiger partial charge in [-0.1, -0.05) is 34.1 Å². The summed E-state index contributed by atoms with van der Waals surface area (Å²) in [5.74, 6) is 0.592. The summed E-state index contributed by atoms with van der Waals surface area (Å²) in [6.45, 7) is 10.9. The molecule has 0 aromatic carbocycles. The molecule has 98 valence electrons. The topological polar surface area (TPSA) is 49.5 Å². The maximum atomic E-state index is 9.49. The fourth-order valence-corrected chi connectivity index (χ4v) is 2.14. The van der Waals surface area contributed by atoms with E-state index in [0.717, 1.165) is 19.5 Å². The van der Waals surface area contributed by atoms with Crippen LogP contribution in [0.4, 0.5) is 0 Å². The largest absolute Gasteiger partial charge is 0.395 e. The van der Waals surface area contributed by atoms with Gasteiger partial charge in [0.1, 0.15) is 0 Å². The van der Waals surface area contributed by atoms with Gasteiger partial charge in [-0.15, -0.1) is 0 Å². The zero-order valence-corrected chi connectivity index (χ0v) is 11.4. The molecule has 0 aromatic heterocycles. The Bertz CT molecular complexity index is 162. The van der Waals surface area contributed by atoms with Crippen LogP contribution in [0.1, 0.15) is 47.0 Å². The standard InChI is InChI=1S/C13H30N2O/c1-5-7-8-15(6-2)13(10-16)12(14)9-11(3)4/h11-13,16H,5-10,14H2,1-4H3. The minimum atomic E-state index is 0.0850. The molecule has 0 spiro atoms. The summed E-state index contributed by atoms with van der Waals surface area (Å²) >= 11 is 0. The van der Waals surface area contributed by atoms with Gasteiger partial charge in [0.15, 0.2) is 0 Å². The number of likely N-dealkylation sites (N-methyl/N-ethyl adjacent to an activating group) is 1. The molecule has 0 bridgehead atoms. The summed E-state index contributed by atoms with van der Waals surface area (Å²) < 4.78 is 0. The van der Waals surface area contributed by atoms with Crippen molar-refractivity contribution in [1.82, 2.24) is 4.90 Å². The second kappa shape index (κ2) is 8.97. The lowest BCUT2D eigenvalue weighted by Crippen LogP contribution is -2.50. The third-order valence-corrected chi connectivity index (χ3v) is 3.10. The van der Waals surface area contributed by atoms with Crippen molar-refractivity contribution in [3.8, 4) is 0 Å². The summed E-state index contributed by atoms with van der Waals surface area (Å²) in [5.41, 5.74) is 6.18. The van der Waals surface area contributed by atoms with Gasteiger partial charge in [-0.25, -0.2) is 0 Å². The van der Waals surface area contributed by atoms with E-state index in [1.165, 1.54) is 12.8 Å². The molecule has 0 heterocycles. The van der Waals surface area contributed by atoms with Crippen molar-refractivity contribution in [3.05, 3.63) is 0 Å². The van der Waals surface area contributed by atoms with Crippen molar-refractivity contribution in [2.45, 2.75) is 59.0 Å². The van der Waals surface area contributed by atoms with Gasteiger partial charge < -0.3 is 10.8 Å². The molecule has 0 saturated heterocycles. The third kappa shape index (κ3) is 5.83. The molecule has 0 amide bonds. The summed E-state index contributed by atoms with van der Waals surface area (Å²) in [6, 6.07) is 0.209. The molecule has 0 radical (unpaired) electrons. The maximum absolute atomic E-state index is 9.49. The van der Waals surface area contributed by atoms with E-state index in [1.807, 2.05) is 0 Å². The molecule has 3 heteroatoms. The van der Waals surface area contributed by atoms with E-state index in [1.54, 1.807) is 0 Å². The van der Waals surface area contributed by atoms with E-state index in [0.29, 0.717) is 5.92 Å². The van der Waals surface area contributed by atoms with Crippen LogP contribution < -0.4 is 5.73 Å². The van der Waals surface area contributed by atoms with Crippen molar-refractivity contribution in [3.63, 3.8) is 0 Å². The van der Waals surface area contributed by atoms with Crippen LogP contribution in [0.15, 0.2) is 0 Å². The van der Waals surface area contributed by atoms with Crippen molar-refractivity contribution in [2.75, 3.05) is 19.7 Å². The summed E-state index contributed by atoms with van der Waals surface area (Å²) in [5, 5.41) is 9.49. The van der Waals surface area contributed by atoms with Gasteiger partial charge in [0.2, 0.25) is 0 Å². The minimum Gasteiger partial charge on any atom is -0.395 e. The van der Waals surface area contributed by atoms with E-state index in [2.05, 4.69) is 32.6 Å². The van der Waals surface area contributed by atoms with Crippen LogP contribution in [-0.2, 0) is 0 Å². The number of hydrogen-bond donors (Lipinski definition) is 2. The highest BCUT2D eigenvalue weighted by molar-refractivity contribution is 4.82. The number of nitrogens with zero attached hydrogens (tertiary/aromatic N) is 1. The molecule has 3 nitrogen and oxygen atoms in total. The molecule has 2 unspecified atom stereocenters. The predicted molar refractivity (Wildman–Crippen MR) is 70.5 cm³/mol. The first-order valence-electron chi connectivity index (χ1n) is 6.67. The number of aliphatic hydroxyl groups excluding tert-OH is 1. The smallest absolute Gasteiger partial charge is 0.0601 e. The summed E-state index contributed by atoms with van der Waals surface area (Å²) in [4.78, 5) is 2.32. The molecular formula is C13H30N2O. The average molecular weight is 230 g/mol. The Hall–Kier alpha value is -0.120. The highest BCUT2D eigenvalue weighted by Gasteiger charge is 2.23. The van der Waals surface area contributed by atoms with Gasteiger partial charge in [-0.2, -0.15) is 0 Å². The molecule has 16 heavy (non-hydrogen) atoms. The number of rotatable bonds is 9. The summed E-state index contributed by atoms with van der Waals surface area (Å²) in [6.07, 6.45) is 3.35. The van der Waals surface area contributed by atoms with Crippen LogP contribution in [0.3, 0.4) is 0 Å². The molecule has 0 aliphatic heterocycles. The lowest BCUT2D eigenvalue weighted by molar-refractivity contribution is 0.101.